The highest BCUT2D eigenvalue weighted by Crippen LogP contribution is 2.48. The maximum Gasteiger partial charge on any atom is 0.251 e. The van der Waals surface area contributed by atoms with Crippen molar-refractivity contribution in [1.29, 1.82) is 0 Å². The Morgan fingerprint density at radius 1 is 0.900 bits per heavy atom. The molecule has 2 aromatic rings. The SMILES string of the molecule is O=C(NCC(=O)N1CCN(C(=O)C2CC2c2ccc(F)cc2)CC1)c1ccccc1. The lowest BCUT2D eigenvalue weighted by Crippen LogP contribution is -2.53. The highest BCUT2D eigenvalue weighted by molar-refractivity contribution is 5.96. The number of nitrogens with one attached hydrogen (secondary N) is 1. The molecule has 2 aliphatic rings. The molecule has 0 radical (unpaired) electrons. The van der Waals surface area contributed by atoms with Gasteiger partial charge in [0.1, 0.15) is 5.82 Å². The lowest BCUT2D eigenvalue weighted by Gasteiger charge is -2.35. The minimum Gasteiger partial charge on any atom is -0.343 e. The van der Waals surface area contributed by atoms with E-state index in [0.29, 0.717) is 31.7 Å². The maximum absolute atomic E-state index is 13.1. The third-order valence-electron chi connectivity index (χ3n) is 5.79. The van der Waals surface area contributed by atoms with Crippen LogP contribution in [0.5, 0.6) is 0 Å². The van der Waals surface area contributed by atoms with Crippen LogP contribution >= 0.6 is 0 Å². The molecule has 156 valence electrons. The van der Waals surface area contributed by atoms with Gasteiger partial charge in [0.25, 0.3) is 5.91 Å². The summed E-state index contributed by atoms with van der Waals surface area (Å²) in [6.07, 6.45) is 0.787. The van der Waals surface area contributed by atoms with Crippen LogP contribution < -0.4 is 5.32 Å². The molecule has 2 unspecified atom stereocenters. The molecule has 1 aliphatic carbocycles. The molecule has 1 heterocycles. The number of carbonyl (C=O) groups excluding carboxylic acids is 3. The summed E-state index contributed by atoms with van der Waals surface area (Å²) in [7, 11) is 0. The standard InChI is InChI=1S/C23H24FN3O3/c24-18-8-6-16(7-9-18)19-14-20(19)23(30)27-12-10-26(11-13-27)21(28)15-25-22(29)17-4-2-1-3-5-17/h1-9,19-20H,10-15H2,(H,25,29). The molecular formula is C23H24FN3O3. The van der Waals surface area contributed by atoms with Gasteiger partial charge in [-0.05, 0) is 42.2 Å². The van der Waals surface area contributed by atoms with Gasteiger partial charge < -0.3 is 15.1 Å². The van der Waals surface area contributed by atoms with Crippen LogP contribution in [-0.4, -0.2) is 60.2 Å². The minimum atomic E-state index is -0.279. The third-order valence-corrected chi connectivity index (χ3v) is 5.79. The smallest absolute Gasteiger partial charge is 0.251 e. The van der Waals surface area contributed by atoms with Gasteiger partial charge in [0, 0.05) is 37.7 Å². The van der Waals surface area contributed by atoms with Crippen molar-refractivity contribution in [3.63, 3.8) is 0 Å². The molecule has 30 heavy (non-hydrogen) atoms. The molecule has 4 rings (SSSR count). The van der Waals surface area contributed by atoms with E-state index >= 15 is 0 Å². The Morgan fingerprint density at radius 2 is 1.53 bits per heavy atom. The molecule has 1 aliphatic heterocycles. The molecule has 2 atom stereocenters. The Balaban J connectivity index is 1.22. The average Bonchev–Trinajstić information content (AvgIpc) is 3.59. The van der Waals surface area contributed by atoms with Crippen LogP contribution in [0.3, 0.4) is 0 Å². The number of piperazine rings is 1. The third kappa shape index (κ3) is 4.50. The van der Waals surface area contributed by atoms with Crippen LogP contribution in [0.2, 0.25) is 0 Å². The van der Waals surface area contributed by atoms with Gasteiger partial charge >= 0.3 is 0 Å². The second-order valence-electron chi connectivity index (χ2n) is 7.76. The quantitative estimate of drug-likeness (QED) is 0.822. The van der Waals surface area contributed by atoms with E-state index in [1.807, 2.05) is 6.07 Å². The molecule has 1 saturated heterocycles. The van der Waals surface area contributed by atoms with E-state index in [4.69, 9.17) is 0 Å². The van der Waals surface area contributed by atoms with Gasteiger partial charge in [-0.3, -0.25) is 14.4 Å². The molecule has 0 bridgehead atoms. The molecule has 0 aromatic heterocycles. The van der Waals surface area contributed by atoms with E-state index in [9.17, 15) is 18.8 Å². The molecule has 1 N–H and O–H groups in total. The Morgan fingerprint density at radius 3 is 2.20 bits per heavy atom. The molecule has 1 saturated carbocycles. The van der Waals surface area contributed by atoms with Crippen LogP contribution in [0.15, 0.2) is 54.6 Å². The van der Waals surface area contributed by atoms with Gasteiger partial charge in [-0.25, -0.2) is 4.39 Å². The molecule has 2 fully saturated rings. The number of benzene rings is 2. The fourth-order valence-electron chi connectivity index (χ4n) is 3.92. The van der Waals surface area contributed by atoms with E-state index in [-0.39, 0.29) is 41.9 Å². The first-order chi connectivity index (χ1) is 14.5. The van der Waals surface area contributed by atoms with Crippen molar-refractivity contribution >= 4 is 17.7 Å². The molecule has 2 aromatic carbocycles. The average molecular weight is 409 g/mol. The zero-order valence-corrected chi connectivity index (χ0v) is 16.6. The fourth-order valence-corrected chi connectivity index (χ4v) is 3.92. The van der Waals surface area contributed by atoms with E-state index < -0.39 is 0 Å². The molecule has 7 heteroatoms. The molecular weight excluding hydrogens is 385 g/mol. The zero-order chi connectivity index (χ0) is 21.1. The zero-order valence-electron chi connectivity index (χ0n) is 16.6. The summed E-state index contributed by atoms with van der Waals surface area (Å²) < 4.78 is 13.1. The van der Waals surface area contributed by atoms with Gasteiger partial charge in [0.05, 0.1) is 6.54 Å². The summed E-state index contributed by atoms with van der Waals surface area (Å²) in [5.41, 5.74) is 1.51. The van der Waals surface area contributed by atoms with E-state index in [2.05, 4.69) is 5.32 Å². The first kappa shape index (κ1) is 20.1. The van der Waals surface area contributed by atoms with Crippen molar-refractivity contribution < 1.29 is 18.8 Å². The highest BCUT2D eigenvalue weighted by Gasteiger charge is 2.46. The largest absolute Gasteiger partial charge is 0.343 e. The van der Waals surface area contributed by atoms with Crippen LogP contribution in [0.4, 0.5) is 4.39 Å². The Labute approximate surface area is 174 Å². The number of amides is 3. The summed E-state index contributed by atoms with van der Waals surface area (Å²) in [5.74, 6) is -0.494. The van der Waals surface area contributed by atoms with Crippen LogP contribution in [0.25, 0.3) is 0 Å². The van der Waals surface area contributed by atoms with Crippen LogP contribution in [0.1, 0.15) is 28.3 Å². The predicted octanol–water partition coefficient (Wildman–Crippen LogP) is 2.03. The summed E-state index contributed by atoms with van der Waals surface area (Å²) in [4.78, 5) is 40.7. The first-order valence-corrected chi connectivity index (χ1v) is 10.2. The monoisotopic (exact) mass is 409 g/mol. The molecule has 0 spiro atoms. The molecule has 6 nitrogen and oxygen atoms in total. The Bertz CT molecular complexity index is 924. The second-order valence-corrected chi connectivity index (χ2v) is 7.76. The van der Waals surface area contributed by atoms with Crippen LogP contribution in [-0.2, 0) is 9.59 Å². The van der Waals surface area contributed by atoms with Crippen molar-refractivity contribution in [2.75, 3.05) is 32.7 Å². The Hall–Kier alpha value is -3.22. The van der Waals surface area contributed by atoms with Crippen LogP contribution in [0, 0.1) is 11.7 Å². The van der Waals surface area contributed by atoms with Crippen molar-refractivity contribution in [1.82, 2.24) is 15.1 Å². The summed E-state index contributed by atoms with van der Waals surface area (Å²) in [6.45, 7) is 1.84. The summed E-state index contributed by atoms with van der Waals surface area (Å²) in [5, 5.41) is 2.65. The van der Waals surface area contributed by atoms with Crippen molar-refractivity contribution in [3.8, 4) is 0 Å². The molecule has 3 amide bonds. The summed E-state index contributed by atoms with van der Waals surface area (Å²) in [6, 6.07) is 15.1. The van der Waals surface area contributed by atoms with Gasteiger partial charge in [-0.15, -0.1) is 0 Å². The Kier molecular flexibility index (Phi) is 5.79. The van der Waals surface area contributed by atoms with Gasteiger partial charge in [-0.2, -0.15) is 0 Å². The summed E-state index contributed by atoms with van der Waals surface area (Å²) >= 11 is 0. The first-order valence-electron chi connectivity index (χ1n) is 10.2. The van der Waals surface area contributed by atoms with Crippen molar-refractivity contribution in [2.45, 2.75) is 12.3 Å². The topological polar surface area (TPSA) is 69.7 Å². The van der Waals surface area contributed by atoms with E-state index in [0.717, 1.165) is 12.0 Å². The lowest BCUT2D eigenvalue weighted by molar-refractivity contribution is -0.139. The normalized spacial score (nSPS) is 20.6. The number of carbonyl (C=O) groups is 3. The second kappa shape index (κ2) is 8.65. The fraction of sp³-hybridized carbons (Fsp3) is 0.348. The van der Waals surface area contributed by atoms with Gasteiger partial charge in [0.15, 0.2) is 0 Å². The maximum atomic E-state index is 13.1. The lowest BCUT2D eigenvalue weighted by atomic mass is 10.1. The predicted molar refractivity (Wildman–Crippen MR) is 109 cm³/mol. The van der Waals surface area contributed by atoms with E-state index in [1.165, 1.54) is 12.1 Å². The van der Waals surface area contributed by atoms with E-state index in [1.54, 1.807) is 46.2 Å². The number of rotatable bonds is 5. The number of halogens is 1. The van der Waals surface area contributed by atoms with Gasteiger partial charge in [0.2, 0.25) is 11.8 Å². The highest BCUT2D eigenvalue weighted by atomic mass is 19.1. The van der Waals surface area contributed by atoms with Crippen molar-refractivity contribution in [2.24, 2.45) is 5.92 Å². The number of hydrogen-bond acceptors (Lipinski definition) is 3. The minimum absolute atomic E-state index is 0.0529. The number of nitrogens with zero attached hydrogens (tertiary/aromatic N) is 2. The van der Waals surface area contributed by atoms with Gasteiger partial charge in [-0.1, -0.05) is 30.3 Å². The number of hydrogen-bond donors (Lipinski definition) is 1. The van der Waals surface area contributed by atoms with Crippen molar-refractivity contribution in [3.05, 3.63) is 71.5 Å².